The van der Waals surface area contributed by atoms with Gasteiger partial charge in [0.2, 0.25) is 5.91 Å². The zero-order chi connectivity index (χ0) is 23.9. The summed E-state index contributed by atoms with van der Waals surface area (Å²) in [6.07, 6.45) is 18.2. The van der Waals surface area contributed by atoms with Crippen molar-refractivity contribution in [1.29, 1.82) is 0 Å². The molecular formula is C28H46BrN5O. The van der Waals surface area contributed by atoms with Gasteiger partial charge in [0.25, 0.3) is 0 Å². The molecule has 3 saturated carbocycles. The van der Waals surface area contributed by atoms with Crippen LogP contribution in [-0.4, -0.2) is 70.1 Å². The van der Waals surface area contributed by atoms with Gasteiger partial charge < -0.3 is 4.90 Å². The van der Waals surface area contributed by atoms with Crippen LogP contribution in [0.3, 0.4) is 0 Å². The zero-order valence-electron chi connectivity index (χ0n) is 21.3. The van der Waals surface area contributed by atoms with Gasteiger partial charge in [0, 0.05) is 60.2 Å². The topological polar surface area (TPSA) is 59.6 Å². The van der Waals surface area contributed by atoms with Crippen LogP contribution in [-0.2, 0) is 4.79 Å². The Hall–Kier alpha value is -0.470. The average Bonchev–Trinajstić information content (AvgIpc) is 3.46. The van der Waals surface area contributed by atoms with Crippen molar-refractivity contribution in [2.75, 3.05) is 13.2 Å². The van der Waals surface area contributed by atoms with E-state index >= 15 is 0 Å². The summed E-state index contributed by atoms with van der Waals surface area (Å²) in [5.41, 5.74) is 4.06. The Morgan fingerprint density at radius 3 is 2.57 bits per heavy atom. The van der Waals surface area contributed by atoms with Gasteiger partial charge in [-0.05, 0) is 76.5 Å². The van der Waals surface area contributed by atoms with E-state index in [0.29, 0.717) is 46.9 Å². The molecule has 3 aliphatic carbocycles. The molecule has 0 radical (unpaired) electrons. The first kappa shape index (κ1) is 24.8. The molecule has 0 aromatic rings. The Labute approximate surface area is 220 Å². The van der Waals surface area contributed by atoms with Crippen LogP contribution in [0, 0.1) is 17.8 Å². The van der Waals surface area contributed by atoms with Gasteiger partial charge in [0.15, 0.2) is 0 Å². The van der Waals surface area contributed by atoms with Crippen LogP contribution < -0.4 is 16.1 Å². The van der Waals surface area contributed by atoms with Crippen LogP contribution in [0.5, 0.6) is 0 Å². The van der Waals surface area contributed by atoms with Crippen molar-refractivity contribution in [2.24, 2.45) is 17.8 Å². The second-order valence-electron chi connectivity index (χ2n) is 12.3. The van der Waals surface area contributed by atoms with Crippen molar-refractivity contribution in [1.82, 2.24) is 26.0 Å². The van der Waals surface area contributed by atoms with E-state index in [1.807, 2.05) is 0 Å². The number of amides is 1. The van der Waals surface area contributed by atoms with Crippen molar-refractivity contribution in [3.05, 3.63) is 12.7 Å². The molecule has 8 atom stereocenters. The van der Waals surface area contributed by atoms with Gasteiger partial charge in [-0.3, -0.25) is 20.9 Å². The second kappa shape index (κ2) is 10.7. The van der Waals surface area contributed by atoms with Crippen LogP contribution in [0.1, 0.15) is 83.5 Å². The number of likely N-dealkylation sites (tertiary alicyclic amines) is 1. The minimum Gasteiger partial charge on any atom is -0.339 e. The number of carbonyl (C=O) groups excluding carboxylic acids is 1. The first-order valence-corrected chi connectivity index (χ1v) is 15.6. The van der Waals surface area contributed by atoms with Crippen molar-refractivity contribution in [3.63, 3.8) is 0 Å². The lowest BCUT2D eigenvalue weighted by molar-refractivity contribution is -0.144. The number of allylic oxidation sites excluding steroid dienone is 1. The van der Waals surface area contributed by atoms with Gasteiger partial charge >= 0.3 is 0 Å². The maximum Gasteiger partial charge on any atom is 0.227 e. The average molecular weight is 549 g/mol. The molecule has 3 heterocycles. The summed E-state index contributed by atoms with van der Waals surface area (Å²) in [5.74, 6) is 2.06. The molecule has 3 aliphatic heterocycles. The molecule has 6 rings (SSSR count). The van der Waals surface area contributed by atoms with Crippen molar-refractivity contribution < 1.29 is 4.79 Å². The molecular weight excluding hydrogens is 502 g/mol. The first-order chi connectivity index (χ1) is 17.2. The van der Waals surface area contributed by atoms with E-state index in [9.17, 15) is 4.79 Å². The lowest BCUT2D eigenvalue weighted by atomic mass is 9.76. The Kier molecular flexibility index (Phi) is 7.61. The normalized spacial score (nSPS) is 46.0. The van der Waals surface area contributed by atoms with Gasteiger partial charge in [-0.2, -0.15) is 0 Å². The van der Waals surface area contributed by atoms with Gasteiger partial charge in [0.1, 0.15) is 0 Å². The lowest BCUT2D eigenvalue weighted by Crippen LogP contribution is -2.61. The van der Waals surface area contributed by atoms with Gasteiger partial charge in [0.05, 0.1) is 5.92 Å². The zero-order valence-corrected chi connectivity index (χ0v) is 22.9. The van der Waals surface area contributed by atoms with E-state index in [2.05, 4.69) is 54.6 Å². The number of fused-ring (bicyclic) bond motifs is 1. The van der Waals surface area contributed by atoms with Gasteiger partial charge in [-0.1, -0.05) is 34.8 Å². The molecule has 8 unspecified atom stereocenters. The van der Waals surface area contributed by atoms with Crippen LogP contribution in [0.2, 0.25) is 0 Å². The molecule has 1 amide bonds. The number of carbonyl (C=O) groups is 1. The van der Waals surface area contributed by atoms with E-state index in [-0.39, 0.29) is 12.0 Å². The van der Waals surface area contributed by atoms with E-state index < -0.39 is 0 Å². The number of nitrogens with one attached hydrogen (secondary N) is 3. The standard InChI is InChI=1S/C28H46BrN5O/c1-2-3-6-18-9-11-19(12-10-18)34-24-15-16-33(23-8-5-4-7-22(32-34)25(23)24)28(35)20-13-14-21(29)27-26(20)30-17-31-27/h2,18-27,30-32H,1,3-17H2. The first-order valence-electron chi connectivity index (χ1n) is 14.7. The monoisotopic (exact) mass is 547 g/mol. The summed E-state index contributed by atoms with van der Waals surface area (Å²) in [6.45, 7) is 5.69. The molecule has 3 N–H and O–H groups in total. The molecule has 3 saturated heterocycles. The Bertz CT molecular complexity index is 772. The number of nitrogens with zero attached hydrogens (tertiary/aromatic N) is 2. The highest BCUT2D eigenvalue weighted by atomic mass is 79.9. The summed E-state index contributed by atoms with van der Waals surface area (Å²) in [6, 6.07) is 2.91. The van der Waals surface area contributed by atoms with Crippen molar-refractivity contribution >= 4 is 21.8 Å². The SMILES string of the molecule is C=CCCC1CCC(N2NC3CCCCC4C3C2CCN4C(=O)C2CCC(Br)C3NCNC23)CC1. The summed E-state index contributed by atoms with van der Waals surface area (Å²) in [5, 5.41) is 9.95. The molecule has 6 nitrogen and oxygen atoms in total. The predicted octanol–water partition coefficient (Wildman–Crippen LogP) is 3.92. The summed E-state index contributed by atoms with van der Waals surface area (Å²) in [7, 11) is 0. The summed E-state index contributed by atoms with van der Waals surface area (Å²) < 4.78 is 0. The third kappa shape index (κ3) is 4.67. The molecule has 0 bridgehead atoms. The Morgan fingerprint density at radius 1 is 0.943 bits per heavy atom. The lowest BCUT2D eigenvalue weighted by Gasteiger charge is -2.48. The number of piperidine rings is 1. The van der Waals surface area contributed by atoms with Crippen LogP contribution >= 0.6 is 15.9 Å². The van der Waals surface area contributed by atoms with Crippen molar-refractivity contribution in [3.8, 4) is 0 Å². The molecule has 7 heteroatoms. The maximum atomic E-state index is 14.1. The summed E-state index contributed by atoms with van der Waals surface area (Å²) in [4.78, 5) is 17.0. The Morgan fingerprint density at radius 2 is 1.74 bits per heavy atom. The highest BCUT2D eigenvalue weighted by molar-refractivity contribution is 9.09. The number of hydrogen-bond acceptors (Lipinski definition) is 5. The second-order valence-corrected chi connectivity index (χ2v) is 13.5. The summed E-state index contributed by atoms with van der Waals surface area (Å²) >= 11 is 3.87. The predicted molar refractivity (Wildman–Crippen MR) is 144 cm³/mol. The molecule has 196 valence electrons. The molecule has 6 aliphatic rings. The highest BCUT2D eigenvalue weighted by Crippen LogP contribution is 2.44. The smallest absolute Gasteiger partial charge is 0.227 e. The van der Waals surface area contributed by atoms with E-state index in [0.717, 1.165) is 38.4 Å². The number of alkyl halides is 1. The minimum absolute atomic E-state index is 0.123. The number of hydrogen-bond donors (Lipinski definition) is 3. The quantitative estimate of drug-likeness (QED) is 0.359. The van der Waals surface area contributed by atoms with E-state index in [1.165, 1.54) is 64.2 Å². The minimum atomic E-state index is 0.123. The van der Waals surface area contributed by atoms with E-state index in [4.69, 9.17) is 0 Å². The molecule has 0 spiro atoms. The van der Waals surface area contributed by atoms with Crippen LogP contribution in [0.25, 0.3) is 0 Å². The maximum absolute atomic E-state index is 14.1. The van der Waals surface area contributed by atoms with Crippen LogP contribution in [0.4, 0.5) is 0 Å². The van der Waals surface area contributed by atoms with Gasteiger partial charge in [-0.25, -0.2) is 5.01 Å². The highest BCUT2D eigenvalue weighted by Gasteiger charge is 2.54. The fraction of sp³-hybridized carbons (Fsp3) is 0.893. The van der Waals surface area contributed by atoms with Gasteiger partial charge in [-0.15, -0.1) is 6.58 Å². The number of halogens is 1. The fourth-order valence-electron chi connectivity index (χ4n) is 8.85. The molecule has 35 heavy (non-hydrogen) atoms. The third-order valence-electron chi connectivity index (χ3n) is 10.6. The fourth-order valence-corrected chi connectivity index (χ4v) is 9.63. The molecule has 0 aromatic heterocycles. The van der Waals surface area contributed by atoms with Crippen molar-refractivity contribution in [2.45, 2.75) is 125 Å². The Balaban J connectivity index is 1.15. The van der Waals surface area contributed by atoms with Crippen LogP contribution in [0.15, 0.2) is 12.7 Å². The molecule has 6 fully saturated rings. The number of hydrazine groups is 1. The van der Waals surface area contributed by atoms with E-state index in [1.54, 1.807) is 0 Å². The molecule has 0 aromatic carbocycles. The largest absolute Gasteiger partial charge is 0.339 e. The number of rotatable bonds is 5. The third-order valence-corrected chi connectivity index (χ3v) is 11.6.